The average Bonchev–Trinajstić information content (AvgIpc) is 3.19. The van der Waals surface area contributed by atoms with E-state index in [9.17, 15) is 23.1 Å². The van der Waals surface area contributed by atoms with Crippen LogP contribution in [-0.4, -0.2) is 33.3 Å². The Morgan fingerprint density at radius 2 is 2.06 bits per heavy atom. The van der Waals surface area contributed by atoms with Gasteiger partial charge >= 0.3 is 6.18 Å². The lowest BCUT2D eigenvalue weighted by atomic mass is 10.1. The van der Waals surface area contributed by atoms with Crippen molar-refractivity contribution in [2.24, 2.45) is 0 Å². The number of benzene rings is 1. The number of nitrogens with zero attached hydrogens (tertiary/aromatic N) is 2. The summed E-state index contributed by atoms with van der Waals surface area (Å²) in [5, 5.41) is 12.0. The number of carbonyl (C=O) groups is 1. The third-order valence-corrected chi connectivity index (χ3v) is 6.47. The van der Waals surface area contributed by atoms with E-state index < -0.39 is 35.3 Å². The number of amides is 1. The number of hydrogen-bond acceptors (Lipinski definition) is 6. The lowest BCUT2D eigenvalue weighted by Gasteiger charge is -2.20. The van der Waals surface area contributed by atoms with Gasteiger partial charge in [0.25, 0.3) is 5.91 Å². The fraction of sp³-hybridized carbons (Fsp3) is 0.318. The number of alkyl halides is 3. The van der Waals surface area contributed by atoms with Crippen LogP contribution in [0, 0.1) is 12.7 Å². The fourth-order valence-electron chi connectivity index (χ4n) is 3.00. The second-order valence-electron chi connectivity index (χ2n) is 7.28. The second kappa shape index (κ2) is 10.2. The molecule has 1 atom stereocenters. The summed E-state index contributed by atoms with van der Waals surface area (Å²) in [6.07, 6.45) is -5.07. The molecule has 1 amide bonds. The van der Waals surface area contributed by atoms with Crippen LogP contribution in [0.5, 0.6) is 5.75 Å². The van der Waals surface area contributed by atoms with Gasteiger partial charge in [0, 0.05) is 16.6 Å². The van der Waals surface area contributed by atoms with Crippen molar-refractivity contribution in [1.82, 2.24) is 9.97 Å². The van der Waals surface area contributed by atoms with Gasteiger partial charge in [-0.25, -0.2) is 14.4 Å². The Labute approximate surface area is 201 Å². The molecule has 12 heteroatoms. The predicted molar refractivity (Wildman–Crippen MR) is 121 cm³/mol. The van der Waals surface area contributed by atoms with Gasteiger partial charge in [0.1, 0.15) is 16.6 Å². The molecule has 2 heterocycles. The van der Waals surface area contributed by atoms with Crippen LogP contribution < -0.4 is 10.1 Å². The lowest BCUT2D eigenvalue weighted by Crippen LogP contribution is -2.32. The molecule has 6 nitrogen and oxygen atoms in total. The Bertz CT molecular complexity index is 1180. The van der Waals surface area contributed by atoms with Crippen LogP contribution in [-0.2, 0) is 13.0 Å². The molecule has 34 heavy (non-hydrogen) atoms. The highest BCUT2D eigenvalue weighted by atomic mass is 35.5. The van der Waals surface area contributed by atoms with Gasteiger partial charge in [0.05, 0.1) is 23.6 Å². The molecule has 1 aromatic carbocycles. The number of anilines is 1. The molecule has 3 rings (SSSR count). The normalized spacial score (nSPS) is 12.5. The molecule has 0 unspecified atom stereocenters. The van der Waals surface area contributed by atoms with E-state index in [1.165, 1.54) is 6.20 Å². The number of aliphatic hydroxyl groups excluding tert-OH is 1. The summed E-state index contributed by atoms with van der Waals surface area (Å²) >= 11 is 7.11. The zero-order valence-corrected chi connectivity index (χ0v) is 19.8. The van der Waals surface area contributed by atoms with E-state index in [0.29, 0.717) is 22.6 Å². The van der Waals surface area contributed by atoms with Crippen molar-refractivity contribution in [3.63, 3.8) is 0 Å². The number of pyridine rings is 1. The number of aliphatic hydroxyl groups is 1. The predicted octanol–water partition coefficient (Wildman–Crippen LogP) is 5.94. The molecule has 182 valence electrons. The Kier molecular flexibility index (Phi) is 7.79. The molecule has 0 fully saturated rings. The smallest absolute Gasteiger partial charge is 0.425 e. The number of carbonyl (C=O) groups excluding carboxylic acids is 1. The molecule has 0 radical (unpaired) electrons. The van der Waals surface area contributed by atoms with Gasteiger partial charge in [-0.05, 0) is 44.0 Å². The van der Waals surface area contributed by atoms with E-state index in [2.05, 4.69) is 15.3 Å². The van der Waals surface area contributed by atoms with Crippen molar-refractivity contribution in [2.45, 2.75) is 46.1 Å². The van der Waals surface area contributed by atoms with E-state index in [1.54, 1.807) is 13.0 Å². The number of rotatable bonds is 7. The summed E-state index contributed by atoms with van der Waals surface area (Å²) in [7, 11) is 0. The van der Waals surface area contributed by atoms with Gasteiger partial charge in [-0.2, -0.15) is 13.2 Å². The number of ether oxygens (including phenoxy) is 1. The summed E-state index contributed by atoms with van der Waals surface area (Å²) in [5.74, 6) is -2.32. The third kappa shape index (κ3) is 5.48. The van der Waals surface area contributed by atoms with Crippen molar-refractivity contribution in [1.29, 1.82) is 0 Å². The molecule has 2 aromatic heterocycles. The third-order valence-electron chi connectivity index (χ3n) is 4.91. The zero-order valence-electron chi connectivity index (χ0n) is 18.3. The van der Waals surface area contributed by atoms with E-state index in [-0.39, 0.29) is 28.0 Å². The van der Waals surface area contributed by atoms with Crippen molar-refractivity contribution < 1.29 is 32.2 Å². The molecule has 3 aromatic rings. The van der Waals surface area contributed by atoms with E-state index in [0.717, 1.165) is 30.4 Å². The number of aryl methyl sites for hydroxylation is 2. The SMILES string of the molecule is CCc1sc(-c2cc(O[C@@H](C)C(F)(F)F)c(C(=O)Nc3c(C)ccnc3Cl)cc2F)nc1CO. The Morgan fingerprint density at radius 1 is 1.35 bits per heavy atom. The first kappa shape index (κ1) is 25.9. The standard InChI is InChI=1S/C22H20ClF4N3O3S/c1-4-17-15(9-31)29-21(34-17)12-8-16(33-11(3)22(25,26)27)13(7-14(12)24)20(32)30-18-10(2)5-6-28-19(18)23/h5-8,11,31H,4,9H2,1-3H3,(H,30,32)/t11-/m0/s1. The molecule has 2 N–H and O–H groups in total. The van der Waals surface area contributed by atoms with E-state index in [4.69, 9.17) is 16.3 Å². The summed E-state index contributed by atoms with van der Waals surface area (Å²) in [5.41, 5.74) is 0.398. The molecule has 0 saturated carbocycles. The van der Waals surface area contributed by atoms with Crippen molar-refractivity contribution >= 4 is 34.5 Å². The van der Waals surface area contributed by atoms with Gasteiger partial charge in [-0.15, -0.1) is 11.3 Å². The maximum atomic E-state index is 15.1. The van der Waals surface area contributed by atoms with E-state index >= 15 is 4.39 Å². The fourth-order valence-corrected chi connectivity index (χ4v) is 4.28. The van der Waals surface area contributed by atoms with E-state index in [1.807, 2.05) is 6.92 Å². The number of aromatic nitrogens is 2. The number of halogens is 5. The highest BCUT2D eigenvalue weighted by molar-refractivity contribution is 7.15. The Morgan fingerprint density at radius 3 is 2.62 bits per heavy atom. The molecule has 0 aliphatic carbocycles. The first-order chi connectivity index (χ1) is 16.0. The molecular formula is C22H20ClF4N3O3S. The molecule has 0 aliphatic rings. The van der Waals surface area contributed by atoms with Gasteiger partial charge in [0.2, 0.25) is 0 Å². The van der Waals surface area contributed by atoms with Crippen LogP contribution in [0.2, 0.25) is 5.15 Å². The number of hydrogen-bond donors (Lipinski definition) is 2. The minimum absolute atomic E-state index is 0.0389. The number of thiazole rings is 1. The lowest BCUT2D eigenvalue weighted by molar-refractivity contribution is -0.189. The van der Waals surface area contributed by atoms with Gasteiger partial charge in [-0.1, -0.05) is 18.5 Å². The average molecular weight is 518 g/mol. The topological polar surface area (TPSA) is 84.3 Å². The molecule has 0 aliphatic heterocycles. The minimum atomic E-state index is -4.73. The second-order valence-corrected chi connectivity index (χ2v) is 8.72. The monoisotopic (exact) mass is 517 g/mol. The maximum absolute atomic E-state index is 15.1. The number of nitrogens with one attached hydrogen (secondary N) is 1. The van der Waals surface area contributed by atoms with Gasteiger partial charge in [-0.3, -0.25) is 4.79 Å². The van der Waals surface area contributed by atoms with Crippen LogP contribution in [0.25, 0.3) is 10.6 Å². The maximum Gasteiger partial charge on any atom is 0.425 e. The Balaban J connectivity index is 2.10. The first-order valence-corrected chi connectivity index (χ1v) is 11.2. The largest absolute Gasteiger partial charge is 0.480 e. The minimum Gasteiger partial charge on any atom is -0.480 e. The summed E-state index contributed by atoms with van der Waals surface area (Å²) in [6, 6.07) is 3.36. The quantitative estimate of drug-likeness (QED) is 0.299. The summed E-state index contributed by atoms with van der Waals surface area (Å²) in [6.45, 7) is 3.87. The molecule has 0 bridgehead atoms. The van der Waals surface area contributed by atoms with Gasteiger partial charge < -0.3 is 15.2 Å². The van der Waals surface area contributed by atoms with Crippen LogP contribution in [0.4, 0.5) is 23.2 Å². The summed E-state index contributed by atoms with van der Waals surface area (Å²) in [4.78, 5) is 21.7. The molecule has 0 saturated heterocycles. The van der Waals surface area contributed by atoms with Crippen molar-refractivity contribution in [2.75, 3.05) is 5.32 Å². The molecule has 0 spiro atoms. The Hall–Kier alpha value is -2.76. The van der Waals surface area contributed by atoms with Crippen LogP contribution in [0.3, 0.4) is 0 Å². The van der Waals surface area contributed by atoms with Gasteiger partial charge in [0.15, 0.2) is 11.3 Å². The van der Waals surface area contributed by atoms with Crippen LogP contribution >= 0.6 is 22.9 Å². The highest BCUT2D eigenvalue weighted by Crippen LogP contribution is 2.37. The van der Waals surface area contributed by atoms with Crippen molar-refractivity contribution in [3.8, 4) is 16.3 Å². The zero-order chi connectivity index (χ0) is 25.2. The van der Waals surface area contributed by atoms with Crippen molar-refractivity contribution in [3.05, 3.63) is 57.1 Å². The van der Waals surface area contributed by atoms with Crippen LogP contribution in [0.1, 0.15) is 40.3 Å². The first-order valence-electron chi connectivity index (χ1n) is 10.0. The van der Waals surface area contributed by atoms with Crippen LogP contribution in [0.15, 0.2) is 24.4 Å². The highest BCUT2D eigenvalue weighted by Gasteiger charge is 2.39. The molecular weight excluding hydrogens is 498 g/mol. The summed E-state index contributed by atoms with van der Waals surface area (Å²) < 4.78 is 59.8.